The number of aliphatic carboxylic acids is 2. The molecule has 2 aromatic heterocycles. The molecule has 8 heteroatoms. The Morgan fingerprint density at radius 3 is 1.79 bits per heavy atom. The van der Waals surface area contributed by atoms with Gasteiger partial charge >= 0.3 is 11.9 Å². The lowest BCUT2D eigenvalue weighted by molar-refractivity contribution is -0.159. The lowest BCUT2D eigenvalue weighted by Gasteiger charge is -2.12. The number of benzene rings is 1. The molecule has 0 aliphatic carbocycles. The van der Waals surface area contributed by atoms with E-state index in [1.54, 1.807) is 18.6 Å². The van der Waals surface area contributed by atoms with Crippen molar-refractivity contribution in [1.82, 2.24) is 9.97 Å². The zero-order chi connectivity index (χ0) is 20.6. The van der Waals surface area contributed by atoms with Crippen LogP contribution in [0.2, 0.25) is 0 Å². The molecule has 0 bridgehead atoms. The summed E-state index contributed by atoms with van der Waals surface area (Å²) in [6, 6.07) is 20.9. The van der Waals surface area contributed by atoms with Gasteiger partial charge in [0.1, 0.15) is 5.82 Å². The Hall–Kier alpha value is -3.78. The largest absolute Gasteiger partial charge is 0.473 e. The van der Waals surface area contributed by atoms with Crippen LogP contribution in [0.5, 0.6) is 0 Å². The Kier molecular flexibility index (Phi) is 10.7. The Balaban J connectivity index is 0.000000268. The highest BCUT2D eigenvalue weighted by Crippen LogP contribution is 2.12. The number of rotatable bonds is 4. The SMILES string of the molecule is O=C(O)C(=O)O.O[C@@H](CNc1ccccn1)c1ccccc1.c1ccncc1. The molecule has 2 heterocycles. The van der Waals surface area contributed by atoms with Crippen LogP contribution >= 0.6 is 0 Å². The number of carbonyl (C=O) groups is 2. The van der Waals surface area contributed by atoms with Crippen LogP contribution in [-0.4, -0.2) is 43.8 Å². The van der Waals surface area contributed by atoms with Gasteiger partial charge in [0.05, 0.1) is 6.10 Å². The van der Waals surface area contributed by atoms with Crippen LogP contribution in [-0.2, 0) is 9.59 Å². The van der Waals surface area contributed by atoms with E-state index >= 15 is 0 Å². The molecule has 3 rings (SSSR count). The molecule has 146 valence electrons. The smallest absolute Gasteiger partial charge is 0.414 e. The predicted octanol–water partition coefficient (Wildman–Crippen LogP) is 2.46. The molecule has 1 aromatic carbocycles. The molecule has 3 aromatic rings. The van der Waals surface area contributed by atoms with E-state index in [0.29, 0.717) is 6.54 Å². The maximum absolute atomic E-state index is 9.89. The molecular formula is C20H21N3O5. The molecule has 28 heavy (non-hydrogen) atoms. The zero-order valence-electron chi connectivity index (χ0n) is 14.9. The highest BCUT2D eigenvalue weighted by molar-refractivity contribution is 6.27. The molecule has 0 unspecified atom stereocenters. The maximum atomic E-state index is 9.89. The minimum absolute atomic E-state index is 0.459. The lowest BCUT2D eigenvalue weighted by atomic mass is 10.1. The first-order valence-corrected chi connectivity index (χ1v) is 8.20. The van der Waals surface area contributed by atoms with E-state index in [-0.39, 0.29) is 0 Å². The second kappa shape index (κ2) is 13.4. The van der Waals surface area contributed by atoms with E-state index in [1.165, 1.54) is 0 Å². The van der Waals surface area contributed by atoms with E-state index in [9.17, 15) is 5.11 Å². The molecule has 4 N–H and O–H groups in total. The standard InChI is InChI=1S/C13H14N2O.C5H5N.C2H2O4/c16-12(11-6-2-1-3-7-11)10-15-13-8-4-5-9-14-13;1-2-4-6-5-3-1;3-1(4)2(5)6/h1-9,12,16H,10H2,(H,14,15);1-5H;(H,3,4)(H,5,6)/t12-;;/m0../s1. The van der Waals surface area contributed by atoms with Crippen LogP contribution in [0.3, 0.4) is 0 Å². The van der Waals surface area contributed by atoms with Crippen LogP contribution in [0.4, 0.5) is 5.82 Å². The Labute approximate surface area is 162 Å². The molecule has 0 spiro atoms. The first-order chi connectivity index (χ1) is 13.5. The van der Waals surface area contributed by atoms with Crippen molar-refractivity contribution in [3.8, 4) is 0 Å². The van der Waals surface area contributed by atoms with Crippen molar-refractivity contribution in [1.29, 1.82) is 0 Å². The van der Waals surface area contributed by atoms with E-state index in [2.05, 4.69) is 15.3 Å². The van der Waals surface area contributed by atoms with Crippen molar-refractivity contribution >= 4 is 17.8 Å². The lowest BCUT2D eigenvalue weighted by Crippen LogP contribution is -2.12. The van der Waals surface area contributed by atoms with Crippen LogP contribution in [0.15, 0.2) is 85.3 Å². The van der Waals surface area contributed by atoms with Crippen molar-refractivity contribution in [2.45, 2.75) is 6.10 Å². The first-order valence-electron chi connectivity index (χ1n) is 8.20. The topological polar surface area (TPSA) is 133 Å². The number of carboxylic acid groups (broad SMARTS) is 2. The van der Waals surface area contributed by atoms with Crippen LogP contribution in [0.1, 0.15) is 11.7 Å². The molecule has 8 nitrogen and oxygen atoms in total. The number of nitrogens with one attached hydrogen (secondary N) is 1. The maximum Gasteiger partial charge on any atom is 0.414 e. The van der Waals surface area contributed by atoms with Crippen LogP contribution in [0, 0.1) is 0 Å². The quantitative estimate of drug-likeness (QED) is 0.505. The fourth-order valence-corrected chi connectivity index (χ4v) is 1.77. The molecule has 0 saturated carbocycles. The van der Waals surface area contributed by atoms with Crippen molar-refractivity contribution in [2.75, 3.05) is 11.9 Å². The summed E-state index contributed by atoms with van der Waals surface area (Å²) in [5, 5.41) is 27.8. The second-order valence-electron chi connectivity index (χ2n) is 5.16. The number of aliphatic hydroxyl groups is 1. The summed E-state index contributed by atoms with van der Waals surface area (Å²) in [5.41, 5.74) is 0.908. The molecule has 0 aliphatic rings. The first kappa shape index (κ1) is 22.3. The Morgan fingerprint density at radius 1 is 0.821 bits per heavy atom. The van der Waals surface area contributed by atoms with Gasteiger partial charge in [0.25, 0.3) is 0 Å². The van der Waals surface area contributed by atoms with Gasteiger partial charge in [0, 0.05) is 25.1 Å². The average molecular weight is 383 g/mol. The van der Waals surface area contributed by atoms with E-state index in [4.69, 9.17) is 19.8 Å². The normalized spacial score (nSPS) is 10.2. The number of aliphatic hydroxyl groups excluding tert-OH is 1. The number of hydrogen-bond donors (Lipinski definition) is 4. The summed E-state index contributed by atoms with van der Waals surface area (Å²) < 4.78 is 0. The molecule has 0 amide bonds. The number of carboxylic acids is 2. The molecular weight excluding hydrogens is 362 g/mol. The van der Waals surface area contributed by atoms with Gasteiger partial charge in [-0.15, -0.1) is 0 Å². The van der Waals surface area contributed by atoms with Crippen LogP contribution in [0.25, 0.3) is 0 Å². The van der Waals surface area contributed by atoms with Crippen molar-refractivity contribution in [3.63, 3.8) is 0 Å². The summed E-state index contributed by atoms with van der Waals surface area (Å²) in [5.74, 6) is -2.87. The van der Waals surface area contributed by atoms with Gasteiger partial charge in [0.2, 0.25) is 0 Å². The average Bonchev–Trinajstić information content (AvgIpc) is 2.75. The van der Waals surface area contributed by atoms with Crippen LogP contribution < -0.4 is 5.32 Å². The summed E-state index contributed by atoms with van der Waals surface area (Å²) in [6.45, 7) is 0.459. The summed E-state index contributed by atoms with van der Waals surface area (Å²) >= 11 is 0. The Bertz CT molecular complexity index is 763. The van der Waals surface area contributed by atoms with Gasteiger partial charge in [0.15, 0.2) is 0 Å². The van der Waals surface area contributed by atoms with Gasteiger partial charge in [-0.3, -0.25) is 4.98 Å². The molecule has 0 aliphatic heterocycles. The van der Waals surface area contributed by atoms with Gasteiger partial charge in [-0.2, -0.15) is 0 Å². The third-order valence-corrected chi connectivity index (χ3v) is 3.08. The fourth-order valence-electron chi connectivity index (χ4n) is 1.77. The number of aromatic nitrogens is 2. The zero-order valence-corrected chi connectivity index (χ0v) is 14.9. The van der Waals surface area contributed by atoms with E-state index in [0.717, 1.165) is 11.4 Å². The van der Waals surface area contributed by atoms with E-state index in [1.807, 2.05) is 66.7 Å². The third-order valence-electron chi connectivity index (χ3n) is 3.08. The van der Waals surface area contributed by atoms with Crippen molar-refractivity contribution < 1.29 is 24.9 Å². The van der Waals surface area contributed by atoms with Gasteiger partial charge in [-0.1, -0.05) is 42.5 Å². The predicted molar refractivity (Wildman–Crippen MR) is 104 cm³/mol. The van der Waals surface area contributed by atoms with Crippen molar-refractivity contribution in [3.05, 3.63) is 90.9 Å². The molecule has 0 radical (unpaired) electrons. The number of hydrogen-bond acceptors (Lipinski definition) is 6. The van der Waals surface area contributed by atoms with Gasteiger partial charge < -0.3 is 20.6 Å². The minimum atomic E-state index is -1.82. The summed E-state index contributed by atoms with van der Waals surface area (Å²) in [4.78, 5) is 26.1. The Morgan fingerprint density at radius 2 is 1.36 bits per heavy atom. The summed E-state index contributed by atoms with van der Waals surface area (Å²) in [7, 11) is 0. The molecule has 1 atom stereocenters. The molecule has 0 saturated heterocycles. The minimum Gasteiger partial charge on any atom is -0.473 e. The van der Waals surface area contributed by atoms with Gasteiger partial charge in [-0.05, 0) is 29.8 Å². The van der Waals surface area contributed by atoms with E-state index < -0.39 is 18.0 Å². The monoisotopic (exact) mass is 383 g/mol. The number of nitrogens with zero attached hydrogens (tertiary/aromatic N) is 2. The van der Waals surface area contributed by atoms with Gasteiger partial charge in [-0.25, -0.2) is 14.6 Å². The summed E-state index contributed by atoms with van der Waals surface area (Å²) in [6.07, 6.45) is 4.71. The molecule has 0 fully saturated rings. The number of pyridine rings is 2. The highest BCUT2D eigenvalue weighted by Gasteiger charge is 2.06. The highest BCUT2D eigenvalue weighted by atomic mass is 16.4. The fraction of sp³-hybridized carbons (Fsp3) is 0.100. The van der Waals surface area contributed by atoms with Crippen molar-refractivity contribution in [2.24, 2.45) is 0 Å². The second-order valence-corrected chi connectivity index (χ2v) is 5.16. The number of anilines is 1. The third kappa shape index (κ3) is 10.3.